The average Bonchev–Trinajstić information content (AvgIpc) is 2.73. The summed E-state index contributed by atoms with van der Waals surface area (Å²) in [6, 6.07) is 16.1. The molecule has 0 aliphatic rings. The Kier molecular flexibility index (Phi) is 7.56. The second kappa shape index (κ2) is 10.2. The number of halogens is 4. The van der Waals surface area contributed by atoms with Crippen LogP contribution in [-0.4, -0.2) is 22.6 Å². The fourth-order valence-corrected chi connectivity index (χ4v) is 3.91. The molecule has 0 spiro atoms. The number of carbonyl (C=O) groups excluding carboxylic acids is 1. The van der Waals surface area contributed by atoms with Crippen LogP contribution in [0, 0.1) is 5.92 Å². The van der Waals surface area contributed by atoms with Crippen molar-refractivity contribution in [3.63, 3.8) is 0 Å². The molecule has 1 heterocycles. The largest absolute Gasteiger partial charge is 0.416 e. The fourth-order valence-electron chi connectivity index (χ4n) is 2.91. The summed E-state index contributed by atoms with van der Waals surface area (Å²) in [6.07, 6.45) is -3.99. The van der Waals surface area contributed by atoms with Crippen LogP contribution in [0.25, 0.3) is 0 Å². The summed E-state index contributed by atoms with van der Waals surface area (Å²) in [5.41, 5.74) is 0.173. The van der Waals surface area contributed by atoms with Crippen molar-refractivity contribution < 1.29 is 18.0 Å². The number of benzene rings is 2. The van der Waals surface area contributed by atoms with Gasteiger partial charge in [-0.3, -0.25) is 4.79 Å². The highest BCUT2D eigenvalue weighted by atomic mass is 35.5. The lowest BCUT2D eigenvalue weighted by Gasteiger charge is -2.15. The van der Waals surface area contributed by atoms with E-state index in [1.54, 1.807) is 6.07 Å². The second-order valence-corrected chi connectivity index (χ2v) is 8.47. The summed E-state index contributed by atoms with van der Waals surface area (Å²) in [7, 11) is 0. The van der Waals surface area contributed by atoms with E-state index < -0.39 is 11.7 Å². The second-order valence-electron chi connectivity index (χ2n) is 7.02. The van der Waals surface area contributed by atoms with Crippen LogP contribution in [0.2, 0.25) is 5.15 Å². The van der Waals surface area contributed by atoms with Crippen LogP contribution >= 0.6 is 23.4 Å². The van der Waals surface area contributed by atoms with Gasteiger partial charge in [-0.05, 0) is 42.2 Å². The number of nitrogens with one attached hydrogen (secondary N) is 1. The van der Waals surface area contributed by atoms with Gasteiger partial charge in [0, 0.05) is 11.4 Å². The van der Waals surface area contributed by atoms with Gasteiger partial charge in [0.1, 0.15) is 5.03 Å². The number of hydrogen-bond donors (Lipinski definition) is 1. The van der Waals surface area contributed by atoms with Crippen molar-refractivity contribution in [2.75, 3.05) is 6.54 Å². The van der Waals surface area contributed by atoms with Crippen molar-refractivity contribution in [3.8, 4) is 0 Å². The quantitative estimate of drug-likeness (QED) is 0.471. The number of aromatic nitrogens is 2. The third-order valence-corrected chi connectivity index (χ3v) is 5.57. The Bertz CT molecular complexity index is 1050. The third-order valence-electron chi connectivity index (χ3n) is 4.38. The molecule has 0 radical (unpaired) electrons. The minimum Gasteiger partial charge on any atom is -0.352 e. The van der Waals surface area contributed by atoms with Gasteiger partial charge >= 0.3 is 6.18 Å². The zero-order chi connectivity index (χ0) is 22.4. The van der Waals surface area contributed by atoms with Crippen LogP contribution in [0.15, 0.2) is 70.6 Å². The van der Waals surface area contributed by atoms with E-state index in [1.165, 1.54) is 23.9 Å². The van der Waals surface area contributed by atoms with Crippen LogP contribution in [0.1, 0.15) is 28.4 Å². The van der Waals surface area contributed by atoms with Crippen LogP contribution in [0.4, 0.5) is 13.2 Å². The molecule has 162 valence electrons. The predicted molar refractivity (Wildman–Crippen MR) is 114 cm³/mol. The normalized spacial score (nSPS) is 12.4. The van der Waals surface area contributed by atoms with Crippen molar-refractivity contribution in [1.82, 2.24) is 15.5 Å². The van der Waals surface area contributed by atoms with Gasteiger partial charge in [0.2, 0.25) is 0 Å². The molecular formula is C22H19ClF3N3OS. The van der Waals surface area contributed by atoms with Crippen molar-refractivity contribution in [3.05, 3.63) is 82.5 Å². The molecule has 2 aromatic carbocycles. The number of rotatable bonds is 7. The molecule has 3 rings (SSSR count). The molecule has 0 aliphatic carbocycles. The number of alkyl halides is 3. The van der Waals surface area contributed by atoms with E-state index in [-0.39, 0.29) is 23.5 Å². The van der Waals surface area contributed by atoms with Crippen LogP contribution < -0.4 is 5.32 Å². The minimum absolute atomic E-state index is 0.0806. The van der Waals surface area contributed by atoms with Crippen molar-refractivity contribution in [2.24, 2.45) is 5.92 Å². The summed E-state index contributed by atoms with van der Waals surface area (Å²) in [5.74, 6) is -0.450. The average molecular weight is 466 g/mol. The topological polar surface area (TPSA) is 54.9 Å². The van der Waals surface area contributed by atoms with Crippen molar-refractivity contribution >= 4 is 29.3 Å². The zero-order valence-corrected chi connectivity index (χ0v) is 18.1. The maximum absolute atomic E-state index is 12.9. The molecule has 0 aliphatic heterocycles. The molecule has 3 aromatic rings. The summed E-state index contributed by atoms with van der Waals surface area (Å²) in [4.78, 5) is 13.6. The zero-order valence-electron chi connectivity index (χ0n) is 16.5. The van der Waals surface area contributed by atoms with Gasteiger partial charge < -0.3 is 5.32 Å². The first-order valence-corrected chi connectivity index (χ1v) is 10.6. The van der Waals surface area contributed by atoms with E-state index in [0.717, 1.165) is 17.0 Å². The Balaban J connectivity index is 1.65. The Hall–Kier alpha value is -2.58. The Labute approximate surface area is 187 Å². The number of carbonyl (C=O) groups is 1. The highest BCUT2D eigenvalue weighted by Gasteiger charge is 2.30. The van der Waals surface area contributed by atoms with Crippen LogP contribution in [0.3, 0.4) is 0 Å². The maximum Gasteiger partial charge on any atom is 0.416 e. The fraction of sp³-hybridized carbons (Fsp3) is 0.227. The number of nitrogens with zero attached hydrogens (tertiary/aromatic N) is 2. The van der Waals surface area contributed by atoms with E-state index in [0.29, 0.717) is 22.6 Å². The molecular weight excluding hydrogens is 447 g/mol. The lowest BCUT2D eigenvalue weighted by molar-refractivity contribution is -0.137. The van der Waals surface area contributed by atoms with E-state index in [1.807, 2.05) is 37.3 Å². The molecule has 31 heavy (non-hydrogen) atoms. The van der Waals surface area contributed by atoms with E-state index in [4.69, 9.17) is 11.6 Å². The van der Waals surface area contributed by atoms with E-state index in [9.17, 15) is 18.0 Å². The van der Waals surface area contributed by atoms with Gasteiger partial charge in [-0.25, -0.2) is 0 Å². The molecule has 1 amide bonds. The molecule has 1 unspecified atom stereocenters. The molecule has 0 bridgehead atoms. The molecule has 1 N–H and O–H groups in total. The lowest BCUT2D eigenvalue weighted by atomic mass is 9.99. The standard InChI is InChI=1S/C22H19ClF3N3OS/c1-14(10-15-6-5-7-16(11-15)22(24,25)26)13-27-20(30)18-12-19(23)28-29-21(18)31-17-8-3-2-4-9-17/h2-9,11-12,14H,10,13H2,1H3,(H,27,30). The molecule has 9 heteroatoms. The first-order valence-electron chi connectivity index (χ1n) is 9.43. The predicted octanol–water partition coefficient (Wildman–Crippen LogP) is 5.91. The maximum atomic E-state index is 12.9. The SMILES string of the molecule is CC(CNC(=O)c1cc(Cl)nnc1Sc1ccccc1)Cc1cccc(C(F)(F)F)c1. The summed E-state index contributed by atoms with van der Waals surface area (Å²) in [5, 5.41) is 11.2. The smallest absolute Gasteiger partial charge is 0.352 e. The van der Waals surface area contributed by atoms with Gasteiger partial charge in [-0.15, -0.1) is 10.2 Å². The Morgan fingerprint density at radius 1 is 1.10 bits per heavy atom. The van der Waals surface area contributed by atoms with Crippen LogP contribution in [-0.2, 0) is 12.6 Å². The summed E-state index contributed by atoms with van der Waals surface area (Å²) in [6.45, 7) is 2.14. The first kappa shape index (κ1) is 23.1. The van der Waals surface area contributed by atoms with E-state index in [2.05, 4.69) is 15.5 Å². The molecule has 1 atom stereocenters. The van der Waals surface area contributed by atoms with E-state index >= 15 is 0 Å². The monoisotopic (exact) mass is 465 g/mol. The Morgan fingerprint density at radius 3 is 2.55 bits per heavy atom. The number of hydrogen-bond acceptors (Lipinski definition) is 4. The number of amides is 1. The van der Waals surface area contributed by atoms with Gasteiger partial charge in [-0.2, -0.15) is 13.2 Å². The molecule has 0 saturated heterocycles. The van der Waals surface area contributed by atoms with Crippen molar-refractivity contribution in [1.29, 1.82) is 0 Å². The summed E-state index contributed by atoms with van der Waals surface area (Å²) >= 11 is 7.22. The summed E-state index contributed by atoms with van der Waals surface area (Å²) < 4.78 is 38.7. The molecule has 1 aromatic heterocycles. The van der Waals surface area contributed by atoms with Crippen molar-refractivity contribution in [2.45, 2.75) is 29.4 Å². The Morgan fingerprint density at radius 2 is 1.84 bits per heavy atom. The van der Waals surface area contributed by atoms with Gasteiger partial charge in [0.15, 0.2) is 5.15 Å². The van der Waals surface area contributed by atoms with Gasteiger partial charge in [-0.1, -0.05) is 66.7 Å². The molecule has 0 saturated carbocycles. The minimum atomic E-state index is -4.38. The molecule has 4 nitrogen and oxygen atoms in total. The highest BCUT2D eigenvalue weighted by Crippen LogP contribution is 2.30. The lowest BCUT2D eigenvalue weighted by Crippen LogP contribution is -2.29. The molecule has 0 fully saturated rings. The van der Waals surface area contributed by atoms with Gasteiger partial charge in [0.25, 0.3) is 5.91 Å². The third kappa shape index (κ3) is 6.70. The van der Waals surface area contributed by atoms with Gasteiger partial charge in [0.05, 0.1) is 11.1 Å². The first-order chi connectivity index (χ1) is 14.7. The highest BCUT2D eigenvalue weighted by molar-refractivity contribution is 7.99. The van der Waals surface area contributed by atoms with Crippen LogP contribution in [0.5, 0.6) is 0 Å².